The molecule has 5 rings (SSSR count). The number of β-lactam (4-membered cyclic amide) rings is 1. The Kier molecular flexibility index (Phi) is 4.69. The molecular weight excluding hydrogens is 413 g/mol. The molecule has 7 heteroatoms. The van der Waals surface area contributed by atoms with Gasteiger partial charge in [0.2, 0.25) is 6.10 Å². The van der Waals surface area contributed by atoms with E-state index in [-0.39, 0.29) is 17.5 Å². The highest BCUT2D eigenvalue weighted by Gasteiger charge is 2.66. The summed E-state index contributed by atoms with van der Waals surface area (Å²) in [5.74, 6) is 1.19. The minimum Gasteiger partial charge on any atom is -0.508 e. The van der Waals surface area contributed by atoms with Crippen molar-refractivity contribution in [1.82, 2.24) is 4.90 Å². The summed E-state index contributed by atoms with van der Waals surface area (Å²) in [5, 5.41) is 9.60. The van der Waals surface area contributed by atoms with Crippen LogP contribution in [0.25, 0.3) is 0 Å². The average Bonchev–Trinajstić information content (AvgIpc) is 2.82. The van der Waals surface area contributed by atoms with Gasteiger partial charge in [-0.2, -0.15) is 0 Å². The second-order valence-electron chi connectivity index (χ2n) is 7.87. The van der Waals surface area contributed by atoms with Crippen molar-refractivity contribution in [2.45, 2.75) is 18.1 Å². The van der Waals surface area contributed by atoms with Gasteiger partial charge in [0.1, 0.15) is 22.9 Å². The topological polar surface area (TPSA) is 68.2 Å². The Bertz CT molecular complexity index is 1180. The van der Waals surface area contributed by atoms with Gasteiger partial charge in [-0.1, -0.05) is 12.1 Å². The lowest BCUT2D eigenvalue weighted by atomic mass is 9.66. The first kappa shape index (κ1) is 20.2. The quantitative estimate of drug-likeness (QED) is 0.620. The second kappa shape index (κ2) is 7.44. The van der Waals surface area contributed by atoms with Crippen LogP contribution in [0.4, 0.5) is 4.39 Å². The van der Waals surface area contributed by atoms with Crippen LogP contribution in [0, 0.1) is 5.82 Å². The highest BCUT2D eigenvalue weighted by Crippen LogP contribution is 2.54. The number of carbonyl (C=O) groups is 1. The van der Waals surface area contributed by atoms with E-state index in [4.69, 9.17) is 14.2 Å². The molecule has 2 aliphatic rings. The molecule has 1 N–H and O–H groups in total. The number of methoxy groups -OCH3 is 2. The Balaban J connectivity index is 1.71. The summed E-state index contributed by atoms with van der Waals surface area (Å²) in [6, 6.07) is 16.2. The van der Waals surface area contributed by atoms with E-state index in [0.717, 1.165) is 16.7 Å². The number of benzene rings is 3. The maximum absolute atomic E-state index is 13.8. The van der Waals surface area contributed by atoms with Crippen LogP contribution in [0.1, 0.15) is 16.7 Å². The Labute approximate surface area is 184 Å². The third-order valence-corrected chi connectivity index (χ3v) is 6.30. The van der Waals surface area contributed by atoms with Crippen molar-refractivity contribution < 1.29 is 28.5 Å². The molecule has 0 saturated carbocycles. The molecule has 32 heavy (non-hydrogen) atoms. The molecule has 0 spiro atoms. The van der Waals surface area contributed by atoms with Gasteiger partial charge < -0.3 is 24.2 Å². The maximum Gasteiger partial charge on any atom is 0.268 e. The minimum atomic E-state index is -0.949. The molecule has 0 bridgehead atoms. The van der Waals surface area contributed by atoms with Gasteiger partial charge in [-0.05, 0) is 71.6 Å². The monoisotopic (exact) mass is 435 g/mol. The number of phenols is 1. The highest BCUT2D eigenvalue weighted by molar-refractivity contribution is 5.94. The zero-order valence-electron chi connectivity index (χ0n) is 17.7. The van der Waals surface area contributed by atoms with Crippen molar-refractivity contribution in [3.8, 4) is 23.0 Å². The van der Waals surface area contributed by atoms with E-state index < -0.39 is 11.6 Å². The molecule has 1 saturated heterocycles. The fraction of sp³-hybridized carbons (Fsp3) is 0.240. The molecule has 2 atom stereocenters. The van der Waals surface area contributed by atoms with Gasteiger partial charge >= 0.3 is 0 Å². The van der Waals surface area contributed by atoms with Crippen LogP contribution in [-0.4, -0.2) is 42.8 Å². The highest BCUT2D eigenvalue weighted by atomic mass is 19.1. The number of hydrogen-bond donors (Lipinski definition) is 1. The van der Waals surface area contributed by atoms with Crippen LogP contribution in [0.3, 0.4) is 0 Å². The first-order valence-corrected chi connectivity index (χ1v) is 10.3. The molecule has 0 aliphatic carbocycles. The zero-order valence-corrected chi connectivity index (χ0v) is 17.7. The van der Waals surface area contributed by atoms with E-state index in [1.54, 1.807) is 43.4 Å². The maximum atomic E-state index is 13.8. The third-order valence-electron chi connectivity index (χ3n) is 6.30. The summed E-state index contributed by atoms with van der Waals surface area (Å²) in [7, 11) is 3.14. The van der Waals surface area contributed by atoms with Crippen molar-refractivity contribution in [1.29, 1.82) is 0 Å². The molecule has 6 nitrogen and oxygen atoms in total. The lowest BCUT2D eigenvalue weighted by molar-refractivity contribution is -0.178. The van der Waals surface area contributed by atoms with Gasteiger partial charge in [-0.25, -0.2) is 4.39 Å². The number of ether oxygens (including phenoxy) is 3. The number of amides is 1. The van der Waals surface area contributed by atoms with E-state index in [2.05, 4.69) is 0 Å². The molecule has 0 unspecified atom stereocenters. The number of halogens is 1. The number of aromatic hydroxyl groups is 1. The Hall–Kier alpha value is -3.74. The summed E-state index contributed by atoms with van der Waals surface area (Å²) in [6.07, 6.45) is -0.217. The summed E-state index contributed by atoms with van der Waals surface area (Å²) in [6.45, 7) is 0.494. The lowest BCUT2D eigenvalue weighted by Crippen LogP contribution is -2.76. The molecule has 164 valence electrons. The van der Waals surface area contributed by atoms with Crippen molar-refractivity contribution in [3.05, 3.63) is 83.2 Å². The minimum absolute atomic E-state index is 0.104. The fourth-order valence-corrected chi connectivity index (χ4v) is 4.82. The van der Waals surface area contributed by atoms with E-state index in [9.17, 15) is 14.3 Å². The molecular formula is C25H22FNO5. The summed E-state index contributed by atoms with van der Waals surface area (Å²) >= 11 is 0. The van der Waals surface area contributed by atoms with Gasteiger partial charge in [0.05, 0.1) is 14.2 Å². The van der Waals surface area contributed by atoms with Gasteiger partial charge in [-0.15, -0.1) is 0 Å². The molecule has 1 fully saturated rings. The van der Waals surface area contributed by atoms with Gasteiger partial charge in [-0.3, -0.25) is 4.79 Å². The van der Waals surface area contributed by atoms with E-state index >= 15 is 0 Å². The molecule has 0 aromatic heterocycles. The molecule has 2 aliphatic heterocycles. The normalized spacial score (nSPS) is 21.3. The number of phenolic OH excluding ortho intramolecular Hbond substituents is 1. The average molecular weight is 435 g/mol. The Morgan fingerprint density at radius 2 is 1.66 bits per heavy atom. The van der Waals surface area contributed by atoms with Crippen LogP contribution in [-0.2, 0) is 16.8 Å². The number of fused-ring (bicyclic) bond motifs is 3. The van der Waals surface area contributed by atoms with Gasteiger partial charge in [0.25, 0.3) is 5.91 Å². The van der Waals surface area contributed by atoms with Crippen molar-refractivity contribution in [2.24, 2.45) is 0 Å². The smallest absolute Gasteiger partial charge is 0.268 e. The SMILES string of the molecule is COc1cc2c(cc1OC)[C@]1(c3ccc(F)cc3)[C@@H](Oc3ccc(O)cc3)C(=O)N1CC2. The van der Waals surface area contributed by atoms with Crippen LogP contribution in [0.5, 0.6) is 23.0 Å². The van der Waals surface area contributed by atoms with E-state index in [1.807, 2.05) is 12.1 Å². The Morgan fingerprint density at radius 1 is 1.00 bits per heavy atom. The number of carbonyl (C=O) groups excluding carboxylic acids is 1. The summed E-state index contributed by atoms with van der Waals surface area (Å²) < 4.78 is 31.0. The third kappa shape index (κ3) is 2.81. The largest absolute Gasteiger partial charge is 0.508 e. The summed E-state index contributed by atoms with van der Waals surface area (Å²) in [5.41, 5.74) is 1.66. The number of rotatable bonds is 5. The fourth-order valence-electron chi connectivity index (χ4n) is 4.82. The Morgan fingerprint density at radius 3 is 2.31 bits per heavy atom. The number of hydrogen-bond acceptors (Lipinski definition) is 5. The van der Waals surface area contributed by atoms with Crippen LogP contribution in [0.2, 0.25) is 0 Å². The van der Waals surface area contributed by atoms with Crippen LogP contribution in [0.15, 0.2) is 60.7 Å². The van der Waals surface area contributed by atoms with Crippen molar-refractivity contribution >= 4 is 5.91 Å². The van der Waals surface area contributed by atoms with Crippen molar-refractivity contribution in [3.63, 3.8) is 0 Å². The zero-order chi connectivity index (χ0) is 22.5. The lowest BCUT2D eigenvalue weighted by Gasteiger charge is -2.59. The van der Waals surface area contributed by atoms with Gasteiger partial charge in [0.15, 0.2) is 11.5 Å². The molecule has 1 amide bonds. The number of nitrogens with zero attached hydrogens (tertiary/aromatic N) is 1. The predicted octanol–water partition coefficient (Wildman–Crippen LogP) is 3.64. The molecule has 0 radical (unpaired) electrons. The van der Waals surface area contributed by atoms with E-state index in [1.165, 1.54) is 24.3 Å². The van der Waals surface area contributed by atoms with Crippen LogP contribution < -0.4 is 14.2 Å². The summed E-state index contributed by atoms with van der Waals surface area (Å²) in [4.78, 5) is 15.0. The van der Waals surface area contributed by atoms with Crippen LogP contribution >= 0.6 is 0 Å². The first-order chi connectivity index (χ1) is 15.5. The van der Waals surface area contributed by atoms with Gasteiger partial charge in [0, 0.05) is 6.54 Å². The molecule has 3 aromatic carbocycles. The second-order valence-corrected chi connectivity index (χ2v) is 7.87. The van der Waals surface area contributed by atoms with Crippen molar-refractivity contribution in [2.75, 3.05) is 20.8 Å². The van der Waals surface area contributed by atoms with E-state index in [0.29, 0.717) is 30.2 Å². The predicted molar refractivity (Wildman–Crippen MR) is 115 cm³/mol. The molecule has 2 heterocycles. The standard InChI is InChI=1S/C25H22FNO5/c1-30-21-13-15-11-12-27-24(29)23(32-19-9-7-18(28)8-10-19)25(27,20(15)14-22(21)31-2)16-3-5-17(26)6-4-16/h3-10,13-14,23,28H,11-12H2,1-2H3/t23-,25+/m0/s1. The molecule has 3 aromatic rings. The first-order valence-electron chi connectivity index (χ1n) is 10.3.